The van der Waals surface area contributed by atoms with E-state index in [1.807, 2.05) is 6.92 Å². The topological polar surface area (TPSA) is 78.1 Å². The Morgan fingerprint density at radius 3 is 2.60 bits per heavy atom. The smallest absolute Gasteiger partial charge is 0.264 e. The van der Waals surface area contributed by atoms with E-state index in [1.165, 1.54) is 37.8 Å². The van der Waals surface area contributed by atoms with Crippen molar-refractivity contribution in [1.82, 2.24) is 14.8 Å². The summed E-state index contributed by atoms with van der Waals surface area (Å²) in [6.07, 6.45) is 10.1. The molecule has 30 heavy (non-hydrogen) atoms. The number of aromatic nitrogens is 1. The Labute approximate surface area is 179 Å². The first kappa shape index (κ1) is 22.1. The molecule has 1 aliphatic carbocycles. The van der Waals surface area contributed by atoms with Crippen molar-refractivity contribution in [2.24, 2.45) is 0 Å². The summed E-state index contributed by atoms with van der Waals surface area (Å²) >= 11 is 0. The molecule has 1 unspecified atom stereocenters. The standard InChI is InChI=1S/C24H34N4O2/c1-4-23(29)26-21-9-8-12-27(16-21)24(30)20(15-25)14-19-13-17(2)28(18(19)3)22-10-6-5-7-11-22/h13-14,21-22H,4-12,16H2,1-3H3,(H,26,29)/b20-14+. The number of carbonyl (C=O) groups excluding carboxylic acids is 2. The normalized spacial score (nSPS) is 20.7. The molecule has 0 aromatic carbocycles. The van der Waals surface area contributed by atoms with Gasteiger partial charge in [-0.25, -0.2) is 0 Å². The van der Waals surface area contributed by atoms with Crippen LogP contribution in [0.1, 0.15) is 81.3 Å². The van der Waals surface area contributed by atoms with Crippen molar-refractivity contribution in [3.8, 4) is 6.07 Å². The summed E-state index contributed by atoms with van der Waals surface area (Å²) in [6.45, 7) is 7.10. The van der Waals surface area contributed by atoms with Crippen LogP contribution >= 0.6 is 0 Å². The lowest BCUT2D eigenvalue weighted by Gasteiger charge is -2.33. The molecule has 1 saturated carbocycles. The predicted molar refractivity (Wildman–Crippen MR) is 118 cm³/mol. The van der Waals surface area contributed by atoms with Crippen LogP contribution in [0.4, 0.5) is 0 Å². The molecule has 2 aliphatic rings. The molecule has 6 heteroatoms. The summed E-state index contributed by atoms with van der Waals surface area (Å²) < 4.78 is 2.39. The zero-order chi connectivity index (χ0) is 21.7. The van der Waals surface area contributed by atoms with Gasteiger partial charge in [0, 0.05) is 43.0 Å². The molecule has 162 valence electrons. The number of nitriles is 1. The second-order valence-electron chi connectivity index (χ2n) is 8.67. The average Bonchev–Trinajstić information content (AvgIpc) is 3.04. The average molecular weight is 411 g/mol. The van der Waals surface area contributed by atoms with Crippen molar-refractivity contribution >= 4 is 17.9 Å². The first-order valence-electron chi connectivity index (χ1n) is 11.3. The molecule has 0 radical (unpaired) electrons. The van der Waals surface area contributed by atoms with E-state index in [1.54, 1.807) is 11.0 Å². The van der Waals surface area contributed by atoms with Crippen molar-refractivity contribution in [1.29, 1.82) is 5.26 Å². The van der Waals surface area contributed by atoms with E-state index in [0.29, 0.717) is 25.6 Å². The van der Waals surface area contributed by atoms with Gasteiger partial charge in [-0.15, -0.1) is 0 Å². The molecular weight excluding hydrogens is 376 g/mol. The van der Waals surface area contributed by atoms with Gasteiger partial charge in [0.05, 0.1) is 0 Å². The fourth-order valence-corrected chi connectivity index (χ4v) is 4.93. The number of rotatable bonds is 5. The monoisotopic (exact) mass is 410 g/mol. The van der Waals surface area contributed by atoms with Crippen LogP contribution in [0, 0.1) is 25.2 Å². The highest BCUT2D eigenvalue weighted by Gasteiger charge is 2.27. The van der Waals surface area contributed by atoms with Gasteiger partial charge in [-0.1, -0.05) is 26.2 Å². The van der Waals surface area contributed by atoms with Crippen LogP contribution in [-0.4, -0.2) is 40.4 Å². The van der Waals surface area contributed by atoms with Crippen molar-refractivity contribution < 1.29 is 9.59 Å². The summed E-state index contributed by atoms with van der Waals surface area (Å²) in [7, 11) is 0. The third kappa shape index (κ3) is 4.95. The van der Waals surface area contributed by atoms with Crippen LogP contribution in [0.25, 0.3) is 6.08 Å². The van der Waals surface area contributed by atoms with Crippen LogP contribution < -0.4 is 5.32 Å². The van der Waals surface area contributed by atoms with E-state index >= 15 is 0 Å². The van der Waals surface area contributed by atoms with E-state index < -0.39 is 0 Å². The molecular formula is C24H34N4O2. The number of nitrogens with one attached hydrogen (secondary N) is 1. The van der Waals surface area contributed by atoms with E-state index in [4.69, 9.17) is 0 Å². The lowest BCUT2D eigenvalue weighted by atomic mass is 9.95. The van der Waals surface area contributed by atoms with E-state index in [-0.39, 0.29) is 23.4 Å². The van der Waals surface area contributed by atoms with Gasteiger partial charge in [0.2, 0.25) is 5.91 Å². The molecule has 1 N–H and O–H groups in total. The van der Waals surface area contributed by atoms with Crippen LogP contribution in [-0.2, 0) is 9.59 Å². The lowest BCUT2D eigenvalue weighted by molar-refractivity contribution is -0.129. The van der Waals surface area contributed by atoms with E-state index in [2.05, 4.69) is 35.9 Å². The third-order valence-electron chi connectivity index (χ3n) is 6.51. The molecule has 1 atom stereocenters. The quantitative estimate of drug-likeness (QED) is 0.588. The molecule has 6 nitrogen and oxygen atoms in total. The molecule has 1 saturated heterocycles. The molecule has 2 amide bonds. The Morgan fingerprint density at radius 1 is 1.20 bits per heavy atom. The number of nitrogens with zero attached hydrogens (tertiary/aromatic N) is 3. The van der Waals surface area contributed by atoms with E-state index in [9.17, 15) is 14.9 Å². The van der Waals surface area contributed by atoms with Crippen molar-refractivity contribution in [2.45, 2.75) is 84.2 Å². The van der Waals surface area contributed by atoms with Gasteiger partial charge < -0.3 is 14.8 Å². The maximum absolute atomic E-state index is 13.1. The molecule has 1 aromatic rings. The van der Waals surface area contributed by atoms with Crippen molar-refractivity contribution in [3.63, 3.8) is 0 Å². The number of piperidine rings is 1. The Kier molecular flexibility index (Phi) is 7.36. The van der Waals surface area contributed by atoms with Crippen LogP contribution in [0.2, 0.25) is 0 Å². The first-order valence-corrected chi connectivity index (χ1v) is 11.3. The summed E-state index contributed by atoms with van der Waals surface area (Å²) in [6, 6.07) is 4.70. The zero-order valence-corrected chi connectivity index (χ0v) is 18.5. The number of hydrogen-bond acceptors (Lipinski definition) is 3. The Hall–Kier alpha value is -2.55. The SMILES string of the molecule is CCC(=O)NC1CCCN(C(=O)/C(C#N)=C/c2cc(C)n(C3CCCCC3)c2C)C1. The fraction of sp³-hybridized carbons (Fsp3) is 0.625. The van der Waals surface area contributed by atoms with E-state index in [0.717, 1.165) is 24.1 Å². The predicted octanol–water partition coefficient (Wildman–Crippen LogP) is 4.03. The Balaban J connectivity index is 1.77. The third-order valence-corrected chi connectivity index (χ3v) is 6.51. The fourth-order valence-electron chi connectivity index (χ4n) is 4.93. The number of carbonyl (C=O) groups is 2. The maximum Gasteiger partial charge on any atom is 0.264 e. The van der Waals surface area contributed by atoms with Crippen LogP contribution in [0.3, 0.4) is 0 Å². The second kappa shape index (κ2) is 9.97. The molecule has 1 aliphatic heterocycles. The number of hydrogen-bond donors (Lipinski definition) is 1. The number of likely N-dealkylation sites (tertiary alicyclic amines) is 1. The summed E-state index contributed by atoms with van der Waals surface area (Å²) in [4.78, 5) is 26.5. The van der Waals surface area contributed by atoms with Gasteiger partial charge >= 0.3 is 0 Å². The van der Waals surface area contributed by atoms with Gasteiger partial charge in [0.25, 0.3) is 5.91 Å². The Morgan fingerprint density at radius 2 is 1.93 bits per heavy atom. The maximum atomic E-state index is 13.1. The molecule has 0 spiro atoms. The first-order chi connectivity index (χ1) is 14.4. The van der Waals surface area contributed by atoms with Crippen LogP contribution in [0.5, 0.6) is 0 Å². The molecule has 2 fully saturated rings. The largest absolute Gasteiger partial charge is 0.352 e. The van der Waals surface area contributed by atoms with Gasteiger partial charge in [-0.3, -0.25) is 9.59 Å². The zero-order valence-electron chi connectivity index (χ0n) is 18.5. The molecule has 2 heterocycles. The number of amides is 2. The second-order valence-corrected chi connectivity index (χ2v) is 8.67. The lowest BCUT2D eigenvalue weighted by Crippen LogP contribution is -2.49. The molecule has 1 aromatic heterocycles. The van der Waals surface area contributed by atoms with Crippen molar-refractivity contribution in [3.05, 3.63) is 28.6 Å². The van der Waals surface area contributed by atoms with Gasteiger partial charge in [0.1, 0.15) is 11.6 Å². The van der Waals surface area contributed by atoms with Gasteiger partial charge in [-0.05, 0) is 57.2 Å². The highest BCUT2D eigenvalue weighted by atomic mass is 16.2. The van der Waals surface area contributed by atoms with Crippen LogP contribution in [0.15, 0.2) is 11.6 Å². The number of aryl methyl sites for hydroxylation is 1. The minimum Gasteiger partial charge on any atom is -0.352 e. The van der Waals surface area contributed by atoms with Crippen molar-refractivity contribution in [2.75, 3.05) is 13.1 Å². The highest BCUT2D eigenvalue weighted by molar-refractivity contribution is 6.02. The highest BCUT2D eigenvalue weighted by Crippen LogP contribution is 2.32. The molecule has 3 rings (SSSR count). The minimum absolute atomic E-state index is 0.000463. The Bertz CT molecular complexity index is 855. The minimum atomic E-state index is -0.240. The van der Waals surface area contributed by atoms with Gasteiger partial charge in [0.15, 0.2) is 0 Å². The molecule has 0 bridgehead atoms. The van der Waals surface area contributed by atoms with Gasteiger partial charge in [-0.2, -0.15) is 5.26 Å². The summed E-state index contributed by atoms with van der Waals surface area (Å²) in [5.41, 5.74) is 3.44. The summed E-state index contributed by atoms with van der Waals surface area (Å²) in [5.74, 6) is -0.240. The summed E-state index contributed by atoms with van der Waals surface area (Å²) in [5, 5.41) is 12.7.